The summed E-state index contributed by atoms with van der Waals surface area (Å²) in [5.41, 5.74) is 0.870. The van der Waals surface area contributed by atoms with Crippen LogP contribution in [0.25, 0.3) is 0 Å². The molecule has 3 atom stereocenters. The molecule has 20 heavy (non-hydrogen) atoms. The maximum Gasteiger partial charge on any atom is 0.159 e. The van der Waals surface area contributed by atoms with Gasteiger partial charge in [-0.3, -0.25) is 0 Å². The van der Waals surface area contributed by atoms with Crippen molar-refractivity contribution in [1.29, 1.82) is 0 Å². The lowest BCUT2D eigenvalue weighted by Gasteiger charge is -2.36. The molecule has 0 saturated heterocycles. The fourth-order valence-electron chi connectivity index (χ4n) is 3.76. The normalized spacial score (nSPS) is 28.4. The van der Waals surface area contributed by atoms with E-state index in [-0.39, 0.29) is 0 Å². The number of likely N-dealkylation sites (N-methyl/N-ethyl adjacent to an activating group) is 1. The number of rotatable bonds is 4. The Morgan fingerprint density at radius 3 is 2.30 bits per heavy atom. The van der Waals surface area contributed by atoms with Gasteiger partial charge in [-0.15, -0.1) is 0 Å². The minimum atomic E-state index is -0.769. The van der Waals surface area contributed by atoms with E-state index in [2.05, 4.69) is 19.2 Å². The Balaban J connectivity index is 2.06. The van der Waals surface area contributed by atoms with Crippen LogP contribution in [0.1, 0.15) is 38.7 Å². The van der Waals surface area contributed by atoms with Crippen LogP contribution in [0.2, 0.25) is 0 Å². The summed E-state index contributed by atoms with van der Waals surface area (Å²) in [6, 6.07) is 4.59. The Bertz CT molecular complexity index is 437. The van der Waals surface area contributed by atoms with Crippen LogP contribution in [0, 0.1) is 29.4 Å². The maximum absolute atomic E-state index is 13.3. The van der Waals surface area contributed by atoms with E-state index in [1.165, 1.54) is 31.4 Å². The second-order valence-corrected chi connectivity index (χ2v) is 6.53. The molecule has 1 aromatic rings. The fraction of sp³-hybridized carbons (Fsp3) is 0.647. The molecule has 0 bridgehead atoms. The number of nitrogens with one attached hydrogen (secondary N) is 1. The van der Waals surface area contributed by atoms with Crippen LogP contribution < -0.4 is 5.32 Å². The van der Waals surface area contributed by atoms with E-state index in [0.29, 0.717) is 12.0 Å². The Morgan fingerprint density at radius 2 is 1.75 bits per heavy atom. The van der Waals surface area contributed by atoms with Gasteiger partial charge in [0.15, 0.2) is 11.6 Å². The van der Waals surface area contributed by atoms with Gasteiger partial charge in [-0.1, -0.05) is 19.9 Å². The zero-order valence-electron chi connectivity index (χ0n) is 12.6. The lowest BCUT2D eigenvalue weighted by atomic mass is 9.73. The predicted molar refractivity (Wildman–Crippen MR) is 78.6 cm³/mol. The summed E-state index contributed by atoms with van der Waals surface area (Å²) in [7, 11) is 1.97. The van der Waals surface area contributed by atoms with Crippen LogP contribution in [0.4, 0.5) is 8.78 Å². The number of hydrogen-bond donors (Lipinski definition) is 1. The topological polar surface area (TPSA) is 12.0 Å². The highest BCUT2D eigenvalue weighted by atomic mass is 19.2. The molecule has 1 saturated carbocycles. The summed E-state index contributed by atoms with van der Waals surface area (Å²) in [6.45, 7) is 4.62. The summed E-state index contributed by atoms with van der Waals surface area (Å²) >= 11 is 0. The molecule has 1 fully saturated rings. The molecule has 0 aromatic heterocycles. The number of benzene rings is 1. The molecule has 1 N–H and O–H groups in total. The molecular formula is C17H25F2N. The van der Waals surface area contributed by atoms with Gasteiger partial charge in [-0.2, -0.15) is 0 Å². The van der Waals surface area contributed by atoms with Crippen molar-refractivity contribution in [2.45, 2.75) is 45.6 Å². The number of hydrogen-bond acceptors (Lipinski definition) is 1. The molecule has 0 spiro atoms. The molecule has 0 amide bonds. The summed E-state index contributed by atoms with van der Waals surface area (Å²) in [5.74, 6) is 0.610. The van der Waals surface area contributed by atoms with Crippen LogP contribution in [0.3, 0.4) is 0 Å². The van der Waals surface area contributed by atoms with Gasteiger partial charge < -0.3 is 5.32 Å². The van der Waals surface area contributed by atoms with Crippen molar-refractivity contribution in [2.24, 2.45) is 17.8 Å². The summed E-state index contributed by atoms with van der Waals surface area (Å²) in [5, 5.41) is 3.38. The first-order valence-electron chi connectivity index (χ1n) is 7.60. The van der Waals surface area contributed by atoms with Crippen LogP contribution in [0.5, 0.6) is 0 Å². The highest BCUT2D eigenvalue weighted by Gasteiger charge is 2.29. The van der Waals surface area contributed by atoms with Gasteiger partial charge in [0.2, 0.25) is 0 Å². The Kier molecular flexibility index (Phi) is 5.14. The molecule has 1 nitrogen and oxygen atoms in total. The summed E-state index contributed by atoms with van der Waals surface area (Å²) < 4.78 is 26.3. The lowest BCUT2D eigenvalue weighted by Crippen LogP contribution is -2.39. The van der Waals surface area contributed by atoms with Crippen LogP contribution in [-0.4, -0.2) is 13.1 Å². The molecule has 1 aliphatic carbocycles. The quantitative estimate of drug-likeness (QED) is 0.873. The Labute approximate surface area is 120 Å². The van der Waals surface area contributed by atoms with E-state index in [4.69, 9.17) is 0 Å². The SMILES string of the molecule is CNC(Cc1ccc(F)c(F)c1)C1CC(C)CC(C)C1. The molecule has 112 valence electrons. The monoisotopic (exact) mass is 281 g/mol. The van der Waals surface area contributed by atoms with Gasteiger partial charge in [0.25, 0.3) is 0 Å². The van der Waals surface area contributed by atoms with Gasteiger partial charge in [-0.25, -0.2) is 8.78 Å². The molecule has 0 radical (unpaired) electrons. The molecule has 2 rings (SSSR count). The third-order valence-electron chi connectivity index (χ3n) is 4.59. The van der Waals surface area contributed by atoms with Gasteiger partial charge in [0.1, 0.15) is 0 Å². The van der Waals surface area contributed by atoms with Gasteiger partial charge in [0, 0.05) is 6.04 Å². The smallest absolute Gasteiger partial charge is 0.159 e. The van der Waals surface area contributed by atoms with Crippen molar-refractivity contribution in [3.8, 4) is 0 Å². The summed E-state index contributed by atoms with van der Waals surface area (Å²) in [4.78, 5) is 0. The van der Waals surface area contributed by atoms with E-state index in [1.807, 2.05) is 7.05 Å². The Hall–Kier alpha value is -0.960. The number of halogens is 2. The second kappa shape index (κ2) is 6.66. The standard InChI is InChI=1S/C17H25F2N/c1-11-6-12(2)8-14(7-11)17(20-3)10-13-4-5-15(18)16(19)9-13/h4-5,9,11-12,14,17,20H,6-8,10H2,1-3H3. The zero-order valence-corrected chi connectivity index (χ0v) is 12.6. The third-order valence-corrected chi connectivity index (χ3v) is 4.59. The van der Waals surface area contributed by atoms with Crippen LogP contribution in [-0.2, 0) is 6.42 Å². The van der Waals surface area contributed by atoms with Crippen molar-refractivity contribution < 1.29 is 8.78 Å². The minimum absolute atomic E-state index is 0.338. The first-order chi connectivity index (χ1) is 9.49. The molecule has 3 unspecified atom stereocenters. The van der Waals surface area contributed by atoms with Crippen LogP contribution in [0.15, 0.2) is 18.2 Å². The molecular weight excluding hydrogens is 256 g/mol. The Morgan fingerprint density at radius 1 is 1.10 bits per heavy atom. The van der Waals surface area contributed by atoms with Crippen molar-refractivity contribution >= 4 is 0 Å². The lowest BCUT2D eigenvalue weighted by molar-refractivity contribution is 0.179. The average molecular weight is 281 g/mol. The first kappa shape index (κ1) is 15.4. The predicted octanol–water partition coefficient (Wildman–Crippen LogP) is 4.17. The van der Waals surface area contributed by atoms with E-state index in [1.54, 1.807) is 6.07 Å². The van der Waals surface area contributed by atoms with Gasteiger partial charge >= 0.3 is 0 Å². The largest absolute Gasteiger partial charge is 0.316 e. The van der Waals surface area contributed by atoms with Crippen molar-refractivity contribution in [1.82, 2.24) is 5.32 Å². The van der Waals surface area contributed by atoms with E-state index >= 15 is 0 Å². The molecule has 0 heterocycles. The minimum Gasteiger partial charge on any atom is -0.316 e. The van der Waals surface area contributed by atoms with Crippen LogP contribution >= 0.6 is 0 Å². The molecule has 1 aliphatic rings. The highest BCUT2D eigenvalue weighted by molar-refractivity contribution is 5.19. The third kappa shape index (κ3) is 3.78. The highest BCUT2D eigenvalue weighted by Crippen LogP contribution is 2.35. The molecule has 1 aromatic carbocycles. The van der Waals surface area contributed by atoms with E-state index in [9.17, 15) is 8.78 Å². The summed E-state index contributed by atoms with van der Waals surface area (Å²) in [6.07, 6.45) is 4.51. The second-order valence-electron chi connectivity index (χ2n) is 6.53. The maximum atomic E-state index is 13.3. The molecule has 0 aliphatic heterocycles. The van der Waals surface area contributed by atoms with E-state index < -0.39 is 11.6 Å². The molecule has 3 heteroatoms. The van der Waals surface area contributed by atoms with E-state index in [0.717, 1.165) is 23.8 Å². The fourth-order valence-corrected chi connectivity index (χ4v) is 3.76. The van der Waals surface area contributed by atoms with Crippen molar-refractivity contribution in [2.75, 3.05) is 7.05 Å². The van der Waals surface area contributed by atoms with Gasteiger partial charge in [0.05, 0.1) is 0 Å². The van der Waals surface area contributed by atoms with Crippen molar-refractivity contribution in [3.05, 3.63) is 35.4 Å². The first-order valence-corrected chi connectivity index (χ1v) is 7.60. The van der Waals surface area contributed by atoms with Crippen molar-refractivity contribution in [3.63, 3.8) is 0 Å². The zero-order chi connectivity index (χ0) is 14.7. The average Bonchev–Trinajstić information content (AvgIpc) is 2.38. The van der Waals surface area contributed by atoms with Gasteiger partial charge in [-0.05, 0) is 68.2 Å².